The Morgan fingerprint density at radius 2 is 0.704 bits per heavy atom. The molecule has 0 fully saturated rings. The van der Waals surface area contributed by atoms with E-state index in [4.69, 9.17) is 41.5 Å². The highest BCUT2D eigenvalue weighted by molar-refractivity contribution is 7.91. The molecular weight excluding hydrogens is 1780 g/mol. The van der Waals surface area contributed by atoms with Crippen molar-refractivity contribution >= 4 is 128 Å². The Balaban J connectivity index is 0.000000208. The van der Waals surface area contributed by atoms with Crippen molar-refractivity contribution in [1.82, 2.24) is 30.6 Å². The number of ether oxygens (including phenoxy) is 2. The Hall–Kier alpha value is -11.5. The van der Waals surface area contributed by atoms with Gasteiger partial charge in [-0.2, -0.15) is 0 Å². The van der Waals surface area contributed by atoms with Crippen molar-refractivity contribution in [2.45, 2.75) is 73.6 Å². The first-order valence-electron chi connectivity index (χ1n) is 36.9. The van der Waals surface area contributed by atoms with Gasteiger partial charge < -0.3 is 63.3 Å². The van der Waals surface area contributed by atoms with E-state index in [2.05, 4.69) is 41.2 Å². The fraction of sp³-hybridized carbons (Fsp3) is 0.163. The fourth-order valence-electron chi connectivity index (χ4n) is 10.9. The second-order valence-corrected chi connectivity index (χ2v) is 38.4. The number of aromatic nitrogens is 4. The monoisotopic (exact) mass is 1860 g/mol. The number of sulfone groups is 2. The van der Waals surface area contributed by atoms with Gasteiger partial charge in [-0.3, -0.25) is 0 Å². The van der Waals surface area contributed by atoms with Crippen LogP contribution in [0.2, 0.25) is 10.0 Å². The van der Waals surface area contributed by atoms with Crippen LogP contribution in [0.15, 0.2) is 284 Å². The Morgan fingerprint density at radius 1 is 0.384 bits per heavy atom. The smallest absolute Gasteiger partial charge is 0.148 e. The minimum atomic E-state index is -4.27. The number of halogens is 4. The zero-order valence-electron chi connectivity index (χ0n) is 67.3. The van der Waals surface area contributed by atoms with Gasteiger partial charge in [0, 0.05) is 58.9 Å². The van der Waals surface area contributed by atoms with Gasteiger partial charge in [0.05, 0.1) is 65.3 Å². The largest absolute Gasteiger partial charge is 0.744 e. The average Bonchev–Trinajstić information content (AvgIpc) is 1.77. The topological polar surface area (TPSA) is 473 Å². The Kier molecular flexibility index (Phi) is 35.5. The lowest BCUT2D eigenvalue weighted by molar-refractivity contribution is 0.306. The molecule has 660 valence electrons. The van der Waals surface area contributed by atoms with E-state index >= 15 is 0 Å². The van der Waals surface area contributed by atoms with Crippen LogP contribution in [0.4, 0.5) is 31.8 Å². The third-order valence-corrected chi connectivity index (χ3v) is 23.1. The summed E-state index contributed by atoms with van der Waals surface area (Å²) in [5.74, 6) is 4.35. The van der Waals surface area contributed by atoms with Crippen LogP contribution in [0.3, 0.4) is 0 Å². The van der Waals surface area contributed by atoms with E-state index in [1.54, 1.807) is 97.1 Å². The average molecular weight is 1860 g/mol. The van der Waals surface area contributed by atoms with Gasteiger partial charge in [0.2, 0.25) is 0 Å². The molecular formula is C86H82Cl2F2N8O21S6-4. The van der Waals surface area contributed by atoms with Crippen LogP contribution >= 0.6 is 23.2 Å². The number of nitrogens with one attached hydrogen (secondary N) is 4. The number of furan rings is 2. The Morgan fingerprint density at radius 3 is 0.992 bits per heavy atom. The summed E-state index contributed by atoms with van der Waals surface area (Å²) < 4.78 is 220. The summed E-state index contributed by atoms with van der Waals surface area (Å²) in [6.45, 7) is 9.19. The van der Waals surface area contributed by atoms with Crippen LogP contribution in [0, 0.1) is 39.3 Å². The van der Waals surface area contributed by atoms with Gasteiger partial charge in [-0.1, -0.05) is 118 Å². The van der Waals surface area contributed by atoms with Crippen molar-refractivity contribution in [3.8, 4) is 34.1 Å². The number of aryl methyl sites for hydroxylation is 4. The molecule has 0 radical (unpaired) electrons. The molecule has 29 nitrogen and oxygen atoms in total. The van der Waals surface area contributed by atoms with E-state index in [1.165, 1.54) is 98.0 Å². The Labute approximate surface area is 732 Å². The highest BCUT2D eigenvalue weighted by atomic mass is 35.5. The molecule has 125 heavy (non-hydrogen) atoms. The first-order valence-corrected chi connectivity index (χ1v) is 47.4. The molecule has 4 heterocycles. The van der Waals surface area contributed by atoms with Gasteiger partial charge in [0.1, 0.15) is 144 Å². The van der Waals surface area contributed by atoms with Crippen molar-refractivity contribution in [2.75, 3.05) is 47.7 Å². The molecule has 0 spiro atoms. The van der Waals surface area contributed by atoms with Crippen LogP contribution < -0.4 is 30.7 Å². The number of anilines is 4. The van der Waals surface area contributed by atoms with Crippen molar-refractivity contribution in [3.05, 3.63) is 322 Å². The summed E-state index contributed by atoms with van der Waals surface area (Å²) in [7, 11) is -23.1. The molecule has 10 aromatic carbocycles. The van der Waals surface area contributed by atoms with Gasteiger partial charge in [-0.25, -0.2) is 79.2 Å². The van der Waals surface area contributed by atoms with E-state index in [-0.39, 0.29) is 61.4 Å². The maximum absolute atomic E-state index is 13.4. The first kappa shape index (κ1) is 98.9. The maximum atomic E-state index is 13.4. The van der Waals surface area contributed by atoms with E-state index in [0.717, 1.165) is 55.2 Å². The second-order valence-electron chi connectivity index (χ2n) is 27.5. The van der Waals surface area contributed by atoms with Gasteiger partial charge in [-0.15, -0.1) is 0 Å². The minimum absolute atomic E-state index is 0. The summed E-state index contributed by atoms with van der Waals surface area (Å²) in [6.07, 6.45) is 5.38. The normalized spacial score (nSPS) is 11.4. The molecule has 14 rings (SSSR count). The second kappa shape index (κ2) is 44.9. The van der Waals surface area contributed by atoms with E-state index in [0.29, 0.717) is 105 Å². The van der Waals surface area contributed by atoms with Crippen LogP contribution in [0.25, 0.3) is 44.5 Å². The van der Waals surface area contributed by atoms with Crippen LogP contribution in [0.5, 0.6) is 11.5 Å². The lowest BCUT2D eigenvalue weighted by Crippen LogP contribution is -2.21. The predicted molar refractivity (Wildman–Crippen MR) is 468 cm³/mol. The zero-order valence-corrected chi connectivity index (χ0v) is 73.7. The Bertz CT molecular complexity index is 6200. The standard InChI is InChI=1S/2C29H26ClFN4O4S.4C7H8O3S.H2O/c2*1-40(36,37)12-11-32-16-23-7-10-27(39-23)20-5-8-26-24(14-20)29(34-18-33-26)35-22-6-9-28(25(30)15-22)38-17-19-3-2-4-21(31)13-19;4*1-6-2-4-7(5-3-6)11(8,9)10;/h2*2-10,13-15,18,32H,11-12,16-17H2,1H3,(H,33,34,35);4*2-5H,1H3,(H,8,9,10);1H2/p-4. The van der Waals surface area contributed by atoms with E-state index in [1.807, 2.05) is 100 Å². The summed E-state index contributed by atoms with van der Waals surface area (Å²) >= 11 is 12.9. The van der Waals surface area contributed by atoms with Crippen LogP contribution in [-0.2, 0) is 86.5 Å². The molecule has 0 saturated carbocycles. The van der Waals surface area contributed by atoms with E-state index in [9.17, 15) is 77.5 Å². The minimum Gasteiger partial charge on any atom is -0.744 e. The SMILES string of the molecule is CS(=O)(=O)CCNCc1ccc(-c2ccc3ncnc(Nc4ccc(OCc5cccc(F)c5)c(Cl)c4)c3c2)o1.CS(=O)(=O)CCNCc1ccc(-c2ccc3ncnc(Nc4ccc(OCc5cccc(F)c5)c(Cl)c4)c3c2)o1.Cc1ccc(S(=O)(=O)[O-])cc1.Cc1ccc(S(=O)(=O)[O-])cc1.Cc1ccc(S(=O)(=O)[O-])cc1.Cc1ccc(S(=O)(=O)[O-])cc1.O. The highest BCUT2D eigenvalue weighted by Gasteiger charge is 2.16. The molecule has 0 atom stereocenters. The molecule has 0 bridgehead atoms. The summed E-state index contributed by atoms with van der Waals surface area (Å²) in [5.41, 5.74) is 9.70. The number of hydrogen-bond donors (Lipinski definition) is 4. The zero-order chi connectivity index (χ0) is 90.2. The fourth-order valence-corrected chi connectivity index (χ4v) is 14.3. The number of nitrogens with zero attached hydrogens (tertiary/aromatic N) is 4. The van der Waals surface area contributed by atoms with Crippen LogP contribution in [-0.4, -0.2) is 131 Å². The highest BCUT2D eigenvalue weighted by Crippen LogP contribution is 2.36. The number of fused-ring (bicyclic) bond motifs is 2. The molecule has 0 unspecified atom stereocenters. The quantitative estimate of drug-likeness (QED) is 0.0289. The molecule has 0 amide bonds. The molecule has 6 N–H and O–H groups in total. The van der Waals surface area contributed by atoms with Gasteiger partial charge in [0.25, 0.3) is 0 Å². The number of hydrogen-bond acceptors (Lipinski definition) is 28. The number of benzene rings is 10. The third kappa shape index (κ3) is 32.8. The molecule has 4 aromatic heterocycles. The molecule has 39 heteroatoms. The first-order chi connectivity index (χ1) is 58.5. The summed E-state index contributed by atoms with van der Waals surface area (Å²) in [5, 5.41) is 15.1. The third-order valence-electron chi connectivity index (χ3n) is 17.3. The molecule has 0 saturated heterocycles. The molecule has 0 aliphatic carbocycles. The molecule has 0 aliphatic heterocycles. The van der Waals surface area contributed by atoms with Crippen molar-refractivity contribution in [1.29, 1.82) is 0 Å². The number of rotatable bonds is 26. The summed E-state index contributed by atoms with van der Waals surface area (Å²) in [4.78, 5) is 16.9. The van der Waals surface area contributed by atoms with Crippen molar-refractivity contribution in [3.63, 3.8) is 0 Å². The van der Waals surface area contributed by atoms with Gasteiger partial charge in [-0.05, 0) is 209 Å². The molecule has 14 aromatic rings. The van der Waals surface area contributed by atoms with E-state index < -0.39 is 60.1 Å². The van der Waals surface area contributed by atoms with Gasteiger partial charge in [0.15, 0.2) is 0 Å². The lowest BCUT2D eigenvalue weighted by Gasteiger charge is -2.12. The summed E-state index contributed by atoms with van der Waals surface area (Å²) in [6, 6.07) is 65.1. The lowest BCUT2D eigenvalue weighted by atomic mass is 10.1. The molecule has 0 aliphatic rings. The predicted octanol–water partition coefficient (Wildman–Crippen LogP) is 15.0. The van der Waals surface area contributed by atoms with Crippen molar-refractivity contribution in [2.24, 2.45) is 0 Å². The van der Waals surface area contributed by atoms with Gasteiger partial charge >= 0.3 is 0 Å². The van der Waals surface area contributed by atoms with Crippen molar-refractivity contribution < 1.29 is 101 Å². The maximum Gasteiger partial charge on any atom is 0.148 e. The van der Waals surface area contributed by atoms with Crippen LogP contribution in [0.1, 0.15) is 44.9 Å².